The van der Waals surface area contributed by atoms with Crippen molar-refractivity contribution in [2.75, 3.05) is 28.4 Å². The second-order valence-electron chi connectivity index (χ2n) is 5.36. The molecule has 0 aliphatic heterocycles. The summed E-state index contributed by atoms with van der Waals surface area (Å²) in [6.07, 6.45) is 2.57. The third-order valence-corrected chi connectivity index (χ3v) is 3.75. The van der Waals surface area contributed by atoms with E-state index in [4.69, 9.17) is 18.6 Å². The van der Waals surface area contributed by atoms with Crippen molar-refractivity contribution < 1.29 is 23.4 Å². The van der Waals surface area contributed by atoms with Gasteiger partial charge in [0.15, 0.2) is 11.5 Å². The van der Waals surface area contributed by atoms with Crippen molar-refractivity contribution in [1.82, 2.24) is 4.90 Å². The summed E-state index contributed by atoms with van der Waals surface area (Å²) in [5, 5.41) is 0. The Morgan fingerprint density at radius 1 is 1.12 bits per heavy atom. The van der Waals surface area contributed by atoms with Gasteiger partial charge in [0.1, 0.15) is 5.76 Å². The molecule has 0 saturated carbocycles. The largest absolute Gasteiger partial charge is 0.493 e. The molecule has 0 fully saturated rings. The van der Waals surface area contributed by atoms with Gasteiger partial charge < -0.3 is 23.5 Å². The van der Waals surface area contributed by atoms with E-state index in [2.05, 4.69) is 0 Å². The molecule has 130 valence electrons. The molecule has 0 N–H and O–H groups in total. The lowest BCUT2D eigenvalue weighted by Gasteiger charge is -2.17. The first-order valence-electron chi connectivity index (χ1n) is 7.64. The molecular formula is C18H23NO5. The minimum atomic E-state index is 0.0418. The molecule has 6 heteroatoms. The van der Waals surface area contributed by atoms with Crippen LogP contribution in [0.15, 0.2) is 34.9 Å². The van der Waals surface area contributed by atoms with Gasteiger partial charge in [-0.15, -0.1) is 0 Å². The van der Waals surface area contributed by atoms with Crippen molar-refractivity contribution >= 4 is 5.91 Å². The first-order chi connectivity index (χ1) is 11.6. The van der Waals surface area contributed by atoms with Gasteiger partial charge in [0, 0.05) is 13.5 Å². The van der Waals surface area contributed by atoms with E-state index in [1.54, 1.807) is 39.5 Å². The van der Waals surface area contributed by atoms with Gasteiger partial charge in [-0.05, 0) is 36.2 Å². The monoisotopic (exact) mass is 333 g/mol. The van der Waals surface area contributed by atoms with Crippen molar-refractivity contribution in [1.29, 1.82) is 0 Å². The first-order valence-corrected chi connectivity index (χ1v) is 7.64. The zero-order valence-corrected chi connectivity index (χ0v) is 14.5. The molecule has 1 heterocycles. The second-order valence-corrected chi connectivity index (χ2v) is 5.36. The van der Waals surface area contributed by atoms with Gasteiger partial charge in [-0.1, -0.05) is 0 Å². The zero-order valence-electron chi connectivity index (χ0n) is 14.5. The molecule has 0 aliphatic carbocycles. The number of carbonyl (C=O) groups excluding carboxylic acids is 1. The Hall–Kier alpha value is -2.63. The lowest BCUT2D eigenvalue weighted by molar-refractivity contribution is -0.130. The lowest BCUT2D eigenvalue weighted by Crippen LogP contribution is -2.26. The van der Waals surface area contributed by atoms with Crippen LogP contribution in [0.3, 0.4) is 0 Å². The number of aryl methyl sites for hydroxylation is 1. The minimum absolute atomic E-state index is 0.0418. The highest BCUT2D eigenvalue weighted by Crippen LogP contribution is 2.38. The highest BCUT2D eigenvalue weighted by Gasteiger charge is 2.15. The van der Waals surface area contributed by atoms with Crippen LogP contribution >= 0.6 is 0 Å². The third kappa shape index (κ3) is 4.22. The Morgan fingerprint density at radius 3 is 2.29 bits per heavy atom. The van der Waals surface area contributed by atoms with Gasteiger partial charge in [0.25, 0.3) is 0 Å². The van der Waals surface area contributed by atoms with E-state index >= 15 is 0 Å². The standard InChI is InChI=1S/C18H23NO5/c1-19(12-14-6-5-9-24-14)17(20)8-7-13-10-15(21-2)18(23-4)16(11-13)22-3/h5-6,9-11H,7-8,12H2,1-4H3. The van der Waals surface area contributed by atoms with Crippen LogP contribution in [-0.4, -0.2) is 39.2 Å². The average Bonchev–Trinajstić information content (AvgIpc) is 3.11. The molecule has 0 aliphatic rings. The van der Waals surface area contributed by atoms with E-state index in [0.29, 0.717) is 36.6 Å². The highest BCUT2D eigenvalue weighted by atomic mass is 16.5. The molecule has 24 heavy (non-hydrogen) atoms. The SMILES string of the molecule is COc1cc(CCC(=O)N(C)Cc2ccco2)cc(OC)c1OC. The maximum atomic E-state index is 12.3. The first kappa shape index (κ1) is 17.7. The van der Waals surface area contributed by atoms with Crippen LogP contribution in [0.5, 0.6) is 17.2 Å². The summed E-state index contributed by atoms with van der Waals surface area (Å²) in [6, 6.07) is 7.38. The topological polar surface area (TPSA) is 61.1 Å². The van der Waals surface area contributed by atoms with Crippen molar-refractivity contribution in [2.45, 2.75) is 19.4 Å². The molecule has 1 amide bonds. The zero-order chi connectivity index (χ0) is 17.5. The van der Waals surface area contributed by atoms with Crippen LogP contribution in [0.1, 0.15) is 17.7 Å². The predicted octanol–water partition coefficient (Wildman–Crippen LogP) is 2.90. The number of benzene rings is 1. The van der Waals surface area contributed by atoms with Crippen LogP contribution in [0.4, 0.5) is 0 Å². The Bertz CT molecular complexity index is 641. The molecule has 0 atom stereocenters. The number of furan rings is 1. The van der Waals surface area contributed by atoms with E-state index in [0.717, 1.165) is 11.3 Å². The van der Waals surface area contributed by atoms with E-state index in [-0.39, 0.29) is 5.91 Å². The molecule has 1 aromatic heterocycles. The summed E-state index contributed by atoms with van der Waals surface area (Å²) in [7, 11) is 6.47. The van der Waals surface area contributed by atoms with E-state index in [9.17, 15) is 4.79 Å². The van der Waals surface area contributed by atoms with Crippen LogP contribution in [0, 0.1) is 0 Å². The number of hydrogen-bond donors (Lipinski definition) is 0. The van der Waals surface area contributed by atoms with Crippen LogP contribution < -0.4 is 14.2 Å². The molecule has 0 spiro atoms. The molecule has 0 saturated heterocycles. The summed E-state index contributed by atoms with van der Waals surface area (Å²) in [6.45, 7) is 0.459. The number of hydrogen-bond acceptors (Lipinski definition) is 5. The van der Waals surface area contributed by atoms with E-state index in [1.165, 1.54) is 0 Å². The fourth-order valence-corrected chi connectivity index (χ4v) is 2.45. The summed E-state index contributed by atoms with van der Waals surface area (Å²) in [4.78, 5) is 13.9. The molecule has 1 aromatic carbocycles. The molecule has 6 nitrogen and oxygen atoms in total. The quantitative estimate of drug-likeness (QED) is 0.743. The summed E-state index contributed by atoms with van der Waals surface area (Å²) < 4.78 is 21.2. The second kappa shape index (κ2) is 8.29. The molecule has 2 rings (SSSR count). The van der Waals surface area contributed by atoms with Gasteiger partial charge in [-0.3, -0.25) is 4.79 Å². The summed E-state index contributed by atoms with van der Waals surface area (Å²) >= 11 is 0. The van der Waals surface area contributed by atoms with Gasteiger partial charge in [0.2, 0.25) is 11.7 Å². The minimum Gasteiger partial charge on any atom is -0.493 e. The number of methoxy groups -OCH3 is 3. The number of nitrogens with zero attached hydrogens (tertiary/aromatic N) is 1. The number of amides is 1. The summed E-state index contributed by atoms with van der Waals surface area (Å²) in [5.41, 5.74) is 0.948. The molecule has 0 unspecified atom stereocenters. The predicted molar refractivity (Wildman–Crippen MR) is 89.6 cm³/mol. The van der Waals surface area contributed by atoms with Crippen molar-refractivity contribution in [3.63, 3.8) is 0 Å². The van der Waals surface area contributed by atoms with Gasteiger partial charge in [0.05, 0.1) is 34.1 Å². The maximum Gasteiger partial charge on any atom is 0.223 e. The molecule has 0 radical (unpaired) electrons. The van der Waals surface area contributed by atoms with Crippen LogP contribution in [0.25, 0.3) is 0 Å². The third-order valence-electron chi connectivity index (χ3n) is 3.75. The Kier molecular flexibility index (Phi) is 6.12. The number of carbonyl (C=O) groups is 1. The molecule has 2 aromatic rings. The summed E-state index contributed by atoms with van der Waals surface area (Å²) in [5.74, 6) is 2.52. The Balaban J connectivity index is 2.01. The Labute approximate surface area is 141 Å². The normalized spacial score (nSPS) is 10.3. The van der Waals surface area contributed by atoms with E-state index < -0.39 is 0 Å². The van der Waals surface area contributed by atoms with Crippen molar-refractivity contribution in [3.8, 4) is 17.2 Å². The van der Waals surface area contributed by atoms with Gasteiger partial charge in [-0.2, -0.15) is 0 Å². The van der Waals surface area contributed by atoms with Crippen LogP contribution in [-0.2, 0) is 17.8 Å². The fraction of sp³-hybridized carbons (Fsp3) is 0.389. The number of rotatable bonds is 8. The van der Waals surface area contributed by atoms with Crippen molar-refractivity contribution in [2.24, 2.45) is 0 Å². The fourth-order valence-electron chi connectivity index (χ4n) is 2.45. The van der Waals surface area contributed by atoms with Gasteiger partial charge in [-0.25, -0.2) is 0 Å². The molecular weight excluding hydrogens is 310 g/mol. The number of ether oxygens (including phenoxy) is 3. The highest BCUT2D eigenvalue weighted by molar-refractivity contribution is 5.76. The smallest absolute Gasteiger partial charge is 0.223 e. The lowest BCUT2D eigenvalue weighted by atomic mass is 10.1. The Morgan fingerprint density at radius 2 is 1.79 bits per heavy atom. The average molecular weight is 333 g/mol. The van der Waals surface area contributed by atoms with Gasteiger partial charge >= 0.3 is 0 Å². The van der Waals surface area contributed by atoms with Crippen LogP contribution in [0.2, 0.25) is 0 Å². The van der Waals surface area contributed by atoms with E-state index in [1.807, 2.05) is 24.3 Å². The molecule has 0 bridgehead atoms. The van der Waals surface area contributed by atoms with Crippen molar-refractivity contribution in [3.05, 3.63) is 41.9 Å². The maximum absolute atomic E-state index is 12.3.